The van der Waals surface area contributed by atoms with E-state index in [0.29, 0.717) is 22.5 Å². The highest BCUT2D eigenvalue weighted by Crippen LogP contribution is 2.38. The summed E-state index contributed by atoms with van der Waals surface area (Å²) in [6.45, 7) is 1.97. The van der Waals surface area contributed by atoms with Crippen LogP contribution in [0.3, 0.4) is 0 Å². The number of benzene rings is 1. The Morgan fingerprint density at radius 2 is 2.07 bits per heavy atom. The van der Waals surface area contributed by atoms with Gasteiger partial charge in [-0.15, -0.1) is 0 Å². The number of alkyl halides is 3. The van der Waals surface area contributed by atoms with Crippen LogP contribution in [0.4, 0.5) is 24.5 Å². The largest absolute Gasteiger partial charge is 0.479 e. The minimum Gasteiger partial charge on any atom is -0.479 e. The number of aryl methyl sites for hydroxylation is 1. The van der Waals surface area contributed by atoms with Crippen molar-refractivity contribution < 1.29 is 27.8 Å². The number of carbonyl (C=O) groups is 1. The van der Waals surface area contributed by atoms with Crippen molar-refractivity contribution in [1.82, 2.24) is 4.98 Å². The van der Waals surface area contributed by atoms with Gasteiger partial charge in [0.05, 0.1) is 17.4 Å². The van der Waals surface area contributed by atoms with Gasteiger partial charge in [0, 0.05) is 18.0 Å². The molecule has 1 aromatic heterocycles. The van der Waals surface area contributed by atoms with Crippen LogP contribution < -0.4 is 9.64 Å². The molecule has 0 amide bonds. The summed E-state index contributed by atoms with van der Waals surface area (Å²) < 4.78 is 41.8. The van der Waals surface area contributed by atoms with Crippen LogP contribution in [0.1, 0.15) is 24.1 Å². The molecule has 0 bridgehead atoms. The molecule has 0 aliphatic carbocycles. The summed E-state index contributed by atoms with van der Waals surface area (Å²) in [6.07, 6.45) is -1.69. The number of aliphatic imine (C=N–C) groups is 1. The van der Waals surface area contributed by atoms with E-state index in [1.807, 2.05) is 0 Å². The number of hydrogen-bond acceptors (Lipinski definition) is 5. The number of carboxylic acid groups (broad SMARTS) is 1. The molecule has 1 aliphatic rings. The number of aromatic nitrogens is 1. The van der Waals surface area contributed by atoms with Crippen molar-refractivity contribution in [2.75, 3.05) is 11.5 Å². The molecule has 1 N–H and O–H groups in total. The van der Waals surface area contributed by atoms with Crippen molar-refractivity contribution in [3.63, 3.8) is 0 Å². The topological polar surface area (TPSA) is 75.0 Å². The number of rotatable bonds is 5. The van der Waals surface area contributed by atoms with Crippen molar-refractivity contribution in [1.29, 1.82) is 0 Å². The molecule has 1 aromatic carbocycles. The normalized spacial score (nSPS) is 17.2. The number of carboxylic acids is 1. The summed E-state index contributed by atoms with van der Waals surface area (Å²) in [5.74, 6) is -1.16. The first-order valence-electron chi connectivity index (χ1n) is 8.48. The van der Waals surface area contributed by atoms with Gasteiger partial charge in [0.15, 0.2) is 12.6 Å². The first-order valence-corrected chi connectivity index (χ1v) is 8.48. The van der Waals surface area contributed by atoms with Crippen LogP contribution in [0, 0.1) is 6.92 Å². The van der Waals surface area contributed by atoms with Crippen molar-refractivity contribution in [3.8, 4) is 5.88 Å². The van der Waals surface area contributed by atoms with Crippen LogP contribution in [0.5, 0.6) is 5.88 Å². The molecule has 0 radical (unpaired) electrons. The molecule has 2 unspecified atom stereocenters. The van der Waals surface area contributed by atoms with Crippen LogP contribution in [-0.4, -0.2) is 41.1 Å². The molecule has 3 rings (SSSR count). The lowest BCUT2D eigenvalue weighted by atomic mass is 10.0. The predicted molar refractivity (Wildman–Crippen MR) is 97.4 cm³/mol. The molecule has 0 fully saturated rings. The molecule has 28 heavy (non-hydrogen) atoms. The smallest absolute Gasteiger partial charge is 0.422 e. The first-order chi connectivity index (χ1) is 13.2. The summed E-state index contributed by atoms with van der Waals surface area (Å²) in [5, 5.41) is 9.60. The van der Waals surface area contributed by atoms with E-state index in [0.717, 1.165) is 0 Å². The Balaban J connectivity index is 1.91. The Morgan fingerprint density at radius 1 is 1.36 bits per heavy atom. The second-order valence-corrected chi connectivity index (χ2v) is 6.43. The molecular weight excluding hydrogens is 375 g/mol. The number of aliphatic carboxylic acids is 1. The summed E-state index contributed by atoms with van der Waals surface area (Å²) in [7, 11) is 0. The summed E-state index contributed by atoms with van der Waals surface area (Å²) in [5.41, 5.74) is 2.37. The fourth-order valence-corrected chi connectivity index (χ4v) is 3.07. The Kier molecular flexibility index (Phi) is 5.26. The van der Waals surface area contributed by atoms with Crippen molar-refractivity contribution in [2.45, 2.75) is 32.1 Å². The number of fused-ring (bicyclic) bond motifs is 1. The third kappa shape index (κ3) is 4.08. The van der Waals surface area contributed by atoms with E-state index in [4.69, 9.17) is 4.74 Å². The minimum absolute atomic E-state index is 0.108. The number of pyridine rings is 1. The van der Waals surface area contributed by atoms with E-state index in [2.05, 4.69) is 9.98 Å². The van der Waals surface area contributed by atoms with Gasteiger partial charge in [0.2, 0.25) is 5.88 Å². The molecule has 0 spiro atoms. The molecule has 9 heteroatoms. The Bertz CT molecular complexity index is 915. The van der Waals surface area contributed by atoms with Crippen molar-refractivity contribution >= 4 is 23.6 Å². The molecule has 0 saturated heterocycles. The van der Waals surface area contributed by atoms with Gasteiger partial charge in [0.1, 0.15) is 0 Å². The molecule has 2 aromatic rings. The molecule has 2 heterocycles. The van der Waals surface area contributed by atoms with Crippen LogP contribution >= 0.6 is 0 Å². The van der Waals surface area contributed by atoms with Gasteiger partial charge in [-0.2, -0.15) is 13.2 Å². The van der Waals surface area contributed by atoms with Gasteiger partial charge >= 0.3 is 12.1 Å². The highest BCUT2D eigenvalue weighted by molar-refractivity contribution is 6.01. The van der Waals surface area contributed by atoms with Gasteiger partial charge in [-0.25, -0.2) is 9.78 Å². The average molecular weight is 393 g/mol. The predicted octanol–water partition coefficient (Wildman–Crippen LogP) is 4.07. The number of para-hydroxylation sites is 2. The number of ether oxygens (including phenoxy) is 1. The maximum absolute atomic E-state index is 12.4. The summed E-state index contributed by atoms with van der Waals surface area (Å²) >= 11 is 0. The zero-order valence-corrected chi connectivity index (χ0v) is 15.1. The summed E-state index contributed by atoms with van der Waals surface area (Å²) in [4.78, 5) is 21.6. The van der Waals surface area contributed by atoms with Crippen molar-refractivity contribution in [2.24, 2.45) is 4.99 Å². The van der Waals surface area contributed by atoms with Gasteiger partial charge < -0.3 is 14.7 Å². The fourth-order valence-electron chi connectivity index (χ4n) is 3.07. The van der Waals surface area contributed by atoms with E-state index in [1.165, 1.54) is 12.4 Å². The number of halogens is 3. The number of hydrogen-bond donors (Lipinski definition) is 1. The Hall–Kier alpha value is -3.10. The minimum atomic E-state index is -4.45. The Labute approximate surface area is 159 Å². The lowest BCUT2D eigenvalue weighted by Crippen LogP contribution is -2.45. The maximum Gasteiger partial charge on any atom is 0.422 e. The second-order valence-electron chi connectivity index (χ2n) is 6.43. The molecule has 2 atom stereocenters. The molecule has 0 saturated carbocycles. The number of nitrogens with zero attached hydrogens (tertiary/aromatic N) is 3. The molecule has 1 aliphatic heterocycles. The summed E-state index contributed by atoms with van der Waals surface area (Å²) in [6, 6.07) is 7.40. The fraction of sp³-hybridized carbons (Fsp3) is 0.316. The third-order valence-electron chi connectivity index (χ3n) is 4.39. The van der Waals surface area contributed by atoms with Crippen LogP contribution in [0.15, 0.2) is 41.5 Å². The molecule has 6 nitrogen and oxygen atoms in total. The van der Waals surface area contributed by atoms with Crippen molar-refractivity contribution in [3.05, 3.63) is 47.7 Å². The van der Waals surface area contributed by atoms with Gasteiger partial charge in [0.25, 0.3) is 0 Å². The van der Waals surface area contributed by atoms with E-state index in [-0.39, 0.29) is 5.88 Å². The average Bonchev–Trinajstić information content (AvgIpc) is 2.64. The molecular formula is C19H18F3N3O3. The van der Waals surface area contributed by atoms with E-state index in [1.54, 1.807) is 49.1 Å². The quantitative estimate of drug-likeness (QED) is 0.829. The Morgan fingerprint density at radius 3 is 2.71 bits per heavy atom. The monoisotopic (exact) mass is 393 g/mol. The first kappa shape index (κ1) is 19.7. The SMILES string of the molecule is Cc1cc(C(C)N2c3ccccc3N=CC2C(=O)O)cnc1OCC(F)(F)F. The van der Waals surface area contributed by atoms with Gasteiger partial charge in [-0.3, -0.25) is 4.99 Å². The highest BCUT2D eigenvalue weighted by atomic mass is 19.4. The lowest BCUT2D eigenvalue weighted by molar-refractivity contribution is -0.154. The third-order valence-corrected chi connectivity index (χ3v) is 4.39. The standard InChI is InChI=1S/C19H18F3N3O3/c1-11-7-13(8-24-17(11)28-10-19(20,21)22)12(2)25-15-6-4-3-5-14(15)23-9-16(25)18(26)27/h3-9,12,16H,10H2,1-2H3,(H,26,27). The van der Waals surface area contributed by atoms with Gasteiger partial charge in [-0.05, 0) is 37.6 Å². The zero-order chi connectivity index (χ0) is 20.5. The van der Waals surface area contributed by atoms with E-state index in [9.17, 15) is 23.1 Å². The van der Waals surface area contributed by atoms with Crippen LogP contribution in [-0.2, 0) is 4.79 Å². The van der Waals surface area contributed by atoms with E-state index >= 15 is 0 Å². The number of anilines is 1. The second kappa shape index (κ2) is 7.49. The van der Waals surface area contributed by atoms with Crippen LogP contribution in [0.2, 0.25) is 0 Å². The zero-order valence-electron chi connectivity index (χ0n) is 15.1. The lowest BCUT2D eigenvalue weighted by Gasteiger charge is -2.37. The highest BCUT2D eigenvalue weighted by Gasteiger charge is 2.33. The van der Waals surface area contributed by atoms with E-state index < -0.39 is 30.8 Å². The maximum atomic E-state index is 12.4. The molecule has 148 valence electrons. The van der Waals surface area contributed by atoms with Crippen LogP contribution in [0.25, 0.3) is 0 Å². The van der Waals surface area contributed by atoms with Gasteiger partial charge in [-0.1, -0.05) is 12.1 Å².